The average Bonchev–Trinajstić information content (AvgIpc) is 3.05. The molecule has 0 bridgehead atoms. The maximum Gasteiger partial charge on any atom is 0.323 e. The van der Waals surface area contributed by atoms with Crippen LogP contribution in [-0.4, -0.2) is 27.0 Å². The number of carbonyl (C=O) groups is 1. The van der Waals surface area contributed by atoms with Crippen LogP contribution in [0.3, 0.4) is 0 Å². The van der Waals surface area contributed by atoms with Crippen LogP contribution in [0.4, 0.5) is 6.01 Å². The fraction of sp³-hybridized carbons (Fsp3) is 0.591. The van der Waals surface area contributed by atoms with Crippen LogP contribution in [0.2, 0.25) is 0 Å². The fourth-order valence-electron chi connectivity index (χ4n) is 2.69. The van der Waals surface area contributed by atoms with Gasteiger partial charge in [0.15, 0.2) is 6.10 Å². The smallest absolute Gasteiger partial charge is 0.323 e. The van der Waals surface area contributed by atoms with E-state index in [-0.39, 0.29) is 22.1 Å². The van der Waals surface area contributed by atoms with Gasteiger partial charge in [0.1, 0.15) is 5.75 Å². The molecule has 1 amide bonds. The first kappa shape index (κ1) is 23.3. The van der Waals surface area contributed by atoms with Crippen molar-refractivity contribution in [1.82, 2.24) is 10.2 Å². The minimum absolute atomic E-state index is 0.0539. The number of thioether (sulfide) groups is 1. The molecule has 1 heterocycles. The molecule has 1 aromatic carbocycles. The standard InChI is InChI=1S/C22H33N3O3S/c1-9-16(18(26)23-19-24-25-20(28-19)29-21(4,5)6)27-17-12-11-14(3)13-15(17)22(7,8)10-2/h11-13,16H,9-10H2,1-8H3,(H,23,24,26). The number of anilines is 1. The molecule has 2 rings (SSSR count). The quantitative estimate of drug-likeness (QED) is 0.549. The number of rotatable bonds is 8. The largest absolute Gasteiger partial charge is 0.480 e. The van der Waals surface area contributed by atoms with Crippen LogP contribution in [0.15, 0.2) is 27.8 Å². The Bertz CT molecular complexity index is 840. The Balaban J connectivity index is 2.15. The van der Waals surface area contributed by atoms with Gasteiger partial charge in [-0.2, -0.15) is 0 Å². The number of nitrogens with one attached hydrogen (secondary N) is 1. The van der Waals surface area contributed by atoms with Gasteiger partial charge in [-0.1, -0.05) is 88.1 Å². The molecular weight excluding hydrogens is 386 g/mol. The summed E-state index contributed by atoms with van der Waals surface area (Å²) in [4.78, 5) is 12.8. The van der Waals surface area contributed by atoms with Crippen LogP contribution >= 0.6 is 11.8 Å². The van der Waals surface area contributed by atoms with Gasteiger partial charge in [0.05, 0.1) is 0 Å². The van der Waals surface area contributed by atoms with Gasteiger partial charge in [0.25, 0.3) is 11.1 Å². The van der Waals surface area contributed by atoms with E-state index in [0.717, 1.165) is 17.7 Å². The number of benzene rings is 1. The summed E-state index contributed by atoms with van der Waals surface area (Å²) >= 11 is 1.45. The van der Waals surface area contributed by atoms with E-state index in [1.165, 1.54) is 17.3 Å². The second-order valence-electron chi connectivity index (χ2n) is 8.83. The number of carbonyl (C=O) groups excluding carboxylic acids is 1. The van der Waals surface area contributed by atoms with Crippen molar-refractivity contribution in [3.63, 3.8) is 0 Å². The van der Waals surface area contributed by atoms with Crippen LogP contribution < -0.4 is 10.1 Å². The van der Waals surface area contributed by atoms with Crippen molar-refractivity contribution in [2.24, 2.45) is 0 Å². The molecular formula is C22H33N3O3S. The van der Waals surface area contributed by atoms with E-state index in [9.17, 15) is 4.79 Å². The predicted octanol–water partition coefficient (Wildman–Crippen LogP) is 5.75. The molecule has 0 spiro atoms. The van der Waals surface area contributed by atoms with Crippen LogP contribution in [0.1, 0.15) is 72.4 Å². The molecule has 0 saturated heterocycles. The van der Waals surface area contributed by atoms with Gasteiger partial charge >= 0.3 is 6.01 Å². The minimum atomic E-state index is -0.658. The lowest BCUT2D eigenvalue weighted by Crippen LogP contribution is -2.33. The van der Waals surface area contributed by atoms with Gasteiger partial charge in [0, 0.05) is 10.3 Å². The Morgan fingerprint density at radius 2 is 1.90 bits per heavy atom. The molecule has 29 heavy (non-hydrogen) atoms. The van der Waals surface area contributed by atoms with E-state index >= 15 is 0 Å². The summed E-state index contributed by atoms with van der Waals surface area (Å²) in [5.74, 6) is 0.434. The van der Waals surface area contributed by atoms with Gasteiger partial charge in [0.2, 0.25) is 0 Å². The Kier molecular flexibility index (Phi) is 7.38. The van der Waals surface area contributed by atoms with Gasteiger partial charge in [-0.3, -0.25) is 10.1 Å². The summed E-state index contributed by atoms with van der Waals surface area (Å²) in [6.07, 6.45) is 0.824. The monoisotopic (exact) mass is 419 g/mol. The Morgan fingerprint density at radius 1 is 1.21 bits per heavy atom. The molecule has 7 heteroatoms. The fourth-order valence-corrected chi connectivity index (χ4v) is 3.42. The van der Waals surface area contributed by atoms with Crippen molar-refractivity contribution < 1.29 is 13.9 Å². The Morgan fingerprint density at radius 3 is 2.48 bits per heavy atom. The second-order valence-corrected chi connectivity index (χ2v) is 10.6. The molecule has 1 aromatic heterocycles. The lowest BCUT2D eigenvalue weighted by molar-refractivity contribution is -0.123. The highest BCUT2D eigenvalue weighted by atomic mass is 32.2. The SMILES string of the molecule is CCC(Oc1ccc(C)cc1C(C)(C)CC)C(=O)Nc1nnc(SC(C)(C)C)o1. The van der Waals surface area contributed by atoms with Crippen LogP contribution in [0, 0.1) is 6.92 Å². The first-order valence-corrected chi connectivity index (χ1v) is 10.9. The normalized spacial score (nSPS) is 13.2. The molecule has 160 valence electrons. The summed E-state index contributed by atoms with van der Waals surface area (Å²) in [6, 6.07) is 6.17. The van der Waals surface area contributed by atoms with Gasteiger partial charge in [-0.05, 0) is 31.2 Å². The first-order valence-electron chi connectivity index (χ1n) is 10.1. The van der Waals surface area contributed by atoms with E-state index in [4.69, 9.17) is 9.15 Å². The lowest BCUT2D eigenvalue weighted by atomic mass is 9.81. The zero-order valence-electron chi connectivity index (χ0n) is 18.8. The maximum absolute atomic E-state index is 12.8. The Hall–Kier alpha value is -2.02. The van der Waals surface area contributed by atoms with Gasteiger partial charge in [-0.25, -0.2) is 0 Å². The number of aryl methyl sites for hydroxylation is 1. The average molecular weight is 420 g/mol. The van der Waals surface area contributed by atoms with E-state index < -0.39 is 6.10 Å². The molecule has 6 nitrogen and oxygen atoms in total. The maximum atomic E-state index is 12.8. The number of ether oxygens (including phenoxy) is 1. The molecule has 0 aliphatic carbocycles. The summed E-state index contributed by atoms with van der Waals surface area (Å²) < 4.78 is 11.6. The summed E-state index contributed by atoms with van der Waals surface area (Å²) in [7, 11) is 0. The van der Waals surface area contributed by atoms with Crippen LogP contribution in [0.25, 0.3) is 0 Å². The van der Waals surface area contributed by atoms with E-state index in [1.54, 1.807) is 0 Å². The zero-order chi connectivity index (χ0) is 21.8. The summed E-state index contributed by atoms with van der Waals surface area (Å²) in [5.41, 5.74) is 2.22. The Labute approximate surface area is 178 Å². The molecule has 0 aliphatic heterocycles. The number of aromatic nitrogens is 2. The molecule has 2 aromatic rings. The van der Waals surface area contributed by atoms with Gasteiger partial charge in [-0.15, -0.1) is 0 Å². The van der Waals surface area contributed by atoms with E-state index in [1.807, 2.05) is 19.1 Å². The van der Waals surface area contributed by atoms with Crippen molar-refractivity contribution >= 4 is 23.7 Å². The van der Waals surface area contributed by atoms with Crippen molar-refractivity contribution in [2.45, 2.75) is 89.7 Å². The van der Waals surface area contributed by atoms with Crippen molar-refractivity contribution in [3.8, 4) is 5.75 Å². The number of amides is 1. The van der Waals surface area contributed by atoms with Crippen molar-refractivity contribution in [2.75, 3.05) is 5.32 Å². The number of hydrogen-bond acceptors (Lipinski definition) is 6. The number of hydrogen-bond donors (Lipinski definition) is 1. The predicted molar refractivity (Wildman–Crippen MR) is 118 cm³/mol. The van der Waals surface area contributed by atoms with E-state index in [2.05, 4.69) is 70.0 Å². The lowest BCUT2D eigenvalue weighted by Gasteiger charge is -2.28. The number of nitrogens with zero attached hydrogens (tertiary/aromatic N) is 2. The topological polar surface area (TPSA) is 77.2 Å². The molecule has 1 unspecified atom stereocenters. The second kappa shape index (κ2) is 9.20. The van der Waals surface area contributed by atoms with Crippen molar-refractivity contribution in [1.29, 1.82) is 0 Å². The summed E-state index contributed by atoms with van der Waals surface area (Å²) in [6.45, 7) is 16.7. The highest BCUT2D eigenvalue weighted by molar-refractivity contribution is 8.00. The molecule has 0 fully saturated rings. The zero-order valence-corrected chi connectivity index (χ0v) is 19.6. The van der Waals surface area contributed by atoms with Gasteiger partial charge < -0.3 is 9.15 Å². The third-order valence-electron chi connectivity index (χ3n) is 4.71. The molecule has 1 N–H and O–H groups in total. The van der Waals surface area contributed by atoms with Crippen molar-refractivity contribution in [3.05, 3.63) is 29.3 Å². The molecule has 0 aliphatic rings. The minimum Gasteiger partial charge on any atom is -0.480 e. The van der Waals surface area contributed by atoms with Crippen LogP contribution in [-0.2, 0) is 10.2 Å². The third kappa shape index (κ3) is 6.49. The molecule has 1 atom stereocenters. The first-order chi connectivity index (χ1) is 13.4. The van der Waals surface area contributed by atoms with Crippen LogP contribution in [0.5, 0.6) is 5.75 Å². The molecule has 0 saturated carbocycles. The summed E-state index contributed by atoms with van der Waals surface area (Å²) in [5, 5.41) is 11.0. The third-order valence-corrected chi connectivity index (χ3v) is 5.66. The highest BCUT2D eigenvalue weighted by Gasteiger charge is 2.27. The highest BCUT2D eigenvalue weighted by Crippen LogP contribution is 2.36. The van der Waals surface area contributed by atoms with E-state index in [0.29, 0.717) is 11.6 Å². The molecule has 0 radical (unpaired) electrons.